The molecule has 0 bridgehead atoms. The smallest absolute Gasteiger partial charge is 0.323 e. The fraction of sp³-hybridized carbons (Fsp3) is 0.778. The van der Waals surface area contributed by atoms with Crippen molar-refractivity contribution in [1.82, 2.24) is 5.32 Å². The average Bonchev–Trinajstić information content (AvgIpc) is 2.03. The average molecular weight is 202 g/mol. The lowest BCUT2D eigenvalue weighted by Crippen LogP contribution is -2.56. The van der Waals surface area contributed by atoms with Crippen LogP contribution in [0.4, 0.5) is 0 Å². The van der Waals surface area contributed by atoms with Crippen molar-refractivity contribution in [3.05, 3.63) is 0 Å². The van der Waals surface area contributed by atoms with Gasteiger partial charge in [0.1, 0.15) is 5.54 Å². The molecule has 0 heterocycles. The van der Waals surface area contributed by atoms with E-state index in [1.54, 1.807) is 13.8 Å². The zero-order chi connectivity index (χ0) is 11.4. The number of carboxylic acids is 1. The van der Waals surface area contributed by atoms with E-state index in [4.69, 9.17) is 10.8 Å². The Morgan fingerprint density at radius 2 is 2.07 bits per heavy atom. The fourth-order valence-corrected chi connectivity index (χ4v) is 1.29. The molecule has 5 heteroatoms. The zero-order valence-corrected chi connectivity index (χ0v) is 8.83. The molecule has 0 rings (SSSR count). The Morgan fingerprint density at radius 1 is 1.57 bits per heavy atom. The molecule has 1 amide bonds. The van der Waals surface area contributed by atoms with Crippen molar-refractivity contribution in [3.8, 4) is 0 Å². The molecule has 4 N–H and O–H groups in total. The first-order valence-electron chi connectivity index (χ1n) is 4.64. The SMILES string of the molecule is CCCC(C)(NC(C)C(N)=O)C(=O)O. The summed E-state index contributed by atoms with van der Waals surface area (Å²) in [7, 11) is 0. The third-order valence-corrected chi connectivity index (χ3v) is 2.18. The first-order chi connectivity index (χ1) is 6.33. The van der Waals surface area contributed by atoms with Crippen LogP contribution in [-0.2, 0) is 9.59 Å². The third kappa shape index (κ3) is 3.33. The summed E-state index contributed by atoms with van der Waals surface area (Å²) in [6.07, 6.45) is 1.18. The number of nitrogens with one attached hydrogen (secondary N) is 1. The predicted octanol–water partition coefficient (Wildman–Crippen LogP) is 0.0932. The van der Waals surface area contributed by atoms with Gasteiger partial charge >= 0.3 is 5.97 Å². The van der Waals surface area contributed by atoms with Crippen molar-refractivity contribution < 1.29 is 14.7 Å². The quantitative estimate of drug-likeness (QED) is 0.569. The number of carboxylic acid groups (broad SMARTS) is 1. The van der Waals surface area contributed by atoms with Gasteiger partial charge in [-0.3, -0.25) is 14.9 Å². The first-order valence-corrected chi connectivity index (χ1v) is 4.64. The van der Waals surface area contributed by atoms with Gasteiger partial charge in [0.25, 0.3) is 0 Å². The number of amides is 1. The molecule has 14 heavy (non-hydrogen) atoms. The topological polar surface area (TPSA) is 92.4 Å². The first kappa shape index (κ1) is 12.9. The van der Waals surface area contributed by atoms with E-state index in [1.165, 1.54) is 0 Å². The van der Waals surface area contributed by atoms with Crippen LogP contribution in [0.2, 0.25) is 0 Å². The summed E-state index contributed by atoms with van der Waals surface area (Å²) in [5.74, 6) is -1.51. The van der Waals surface area contributed by atoms with Gasteiger partial charge in [0.05, 0.1) is 6.04 Å². The van der Waals surface area contributed by atoms with E-state index in [-0.39, 0.29) is 0 Å². The van der Waals surface area contributed by atoms with Crippen molar-refractivity contribution in [2.75, 3.05) is 0 Å². The maximum atomic E-state index is 11.0. The van der Waals surface area contributed by atoms with Crippen molar-refractivity contribution in [2.45, 2.75) is 45.2 Å². The van der Waals surface area contributed by atoms with E-state index in [2.05, 4.69) is 5.32 Å². The Kier molecular flexibility index (Phi) is 4.56. The zero-order valence-electron chi connectivity index (χ0n) is 8.83. The second kappa shape index (κ2) is 4.95. The van der Waals surface area contributed by atoms with Crippen LogP contribution in [-0.4, -0.2) is 28.6 Å². The van der Waals surface area contributed by atoms with E-state index >= 15 is 0 Å². The monoisotopic (exact) mass is 202 g/mol. The second-order valence-corrected chi connectivity index (χ2v) is 3.66. The van der Waals surface area contributed by atoms with E-state index in [9.17, 15) is 9.59 Å². The van der Waals surface area contributed by atoms with Gasteiger partial charge in [0.2, 0.25) is 5.91 Å². The molecule has 0 spiro atoms. The summed E-state index contributed by atoms with van der Waals surface area (Å²) >= 11 is 0. The minimum absolute atomic E-state index is 0.458. The molecule has 0 saturated carbocycles. The highest BCUT2D eigenvalue weighted by molar-refractivity contribution is 5.82. The number of hydrogen-bond donors (Lipinski definition) is 3. The Hall–Kier alpha value is -1.10. The van der Waals surface area contributed by atoms with E-state index in [1.807, 2.05) is 6.92 Å². The number of nitrogens with two attached hydrogens (primary N) is 1. The van der Waals surface area contributed by atoms with Gasteiger partial charge in [0, 0.05) is 0 Å². The molecule has 5 nitrogen and oxygen atoms in total. The fourth-order valence-electron chi connectivity index (χ4n) is 1.29. The molecule has 2 atom stereocenters. The Bertz CT molecular complexity index is 230. The largest absolute Gasteiger partial charge is 0.480 e. The van der Waals surface area contributed by atoms with Crippen molar-refractivity contribution in [3.63, 3.8) is 0 Å². The maximum Gasteiger partial charge on any atom is 0.323 e. The number of hydrogen-bond acceptors (Lipinski definition) is 3. The highest BCUT2D eigenvalue weighted by atomic mass is 16.4. The number of primary amides is 1. The van der Waals surface area contributed by atoms with Gasteiger partial charge in [0.15, 0.2) is 0 Å². The van der Waals surface area contributed by atoms with E-state index in [0.29, 0.717) is 6.42 Å². The summed E-state index contributed by atoms with van der Waals surface area (Å²) in [6, 6.07) is -0.636. The highest BCUT2D eigenvalue weighted by Crippen LogP contribution is 2.13. The van der Waals surface area contributed by atoms with Gasteiger partial charge in [-0.2, -0.15) is 0 Å². The number of carbonyl (C=O) groups is 2. The Morgan fingerprint density at radius 3 is 2.36 bits per heavy atom. The number of carbonyl (C=O) groups excluding carboxylic acids is 1. The van der Waals surface area contributed by atoms with Crippen molar-refractivity contribution in [1.29, 1.82) is 0 Å². The van der Waals surface area contributed by atoms with Gasteiger partial charge in [-0.15, -0.1) is 0 Å². The van der Waals surface area contributed by atoms with E-state index < -0.39 is 23.5 Å². The van der Waals surface area contributed by atoms with Gasteiger partial charge in [-0.05, 0) is 20.3 Å². The lowest BCUT2D eigenvalue weighted by atomic mass is 9.95. The number of rotatable bonds is 6. The molecule has 0 aromatic rings. The van der Waals surface area contributed by atoms with Crippen molar-refractivity contribution in [2.24, 2.45) is 5.73 Å². The lowest BCUT2D eigenvalue weighted by Gasteiger charge is -2.28. The molecular weight excluding hydrogens is 184 g/mol. The molecule has 0 radical (unpaired) electrons. The third-order valence-electron chi connectivity index (χ3n) is 2.18. The second-order valence-electron chi connectivity index (χ2n) is 3.66. The summed E-state index contributed by atoms with van der Waals surface area (Å²) < 4.78 is 0. The standard InChI is InChI=1S/C9H18N2O3/c1-4-5-9(3,8(13)14)11-6(2)7(10)12/h6,11H,4-5H2,1-3H3,(H2,10,12)(H,13,14). The summed E-state index contributed by atoms with van der Waals surface area (Å²) in [5, 5.41) is 11.7. The van der Waals surface area contributed by atoms with Crippen LogP contribution in [0.1, 0.15) is 33.6 Å². The van der Waals surface area contributed by atoms with Crippen LogP contribution in [0.15, 0.2) is 0 Å². The summed E-state index contributed by atoms with van der Waals surface area (Å²) in [4.78, 5) is 21.7. The van der Waals surface area contributed by atoms with Gasteiger partial charge in [-0.1, -0.05) is 13.3 Å². The molecule has 0 aliphatic heterocycles. The van der Waals surface area contributed by atoms with E-state index in [0.717, 1.165) is 6.42 Å². The lowest BCUT2D eigenvalue weighted by molar-refractivity contribution is -0.145. The van der Waals surface area contributed by atoms with Gasteiger partial charge in [-0.25, -0.2) is 0 Å². The van der Waals surface area contributed by atoms with Gasteiger partial charge < -0.3 is 10.8 Å². The normalized spacial score (nSPS) is 17.1. The molecule has 0 aliphatic rings. The molecule has 82 valence electrons. The predicted molar refractivity (Wildman–Crippen MR) is 52.7 cm³/mol. The molecule has 0 fully saturated rings. The Balaban J connectivity index is 4.52. The number of aliphatic carboxylic acids is 1. The molecule has 0 aromatic carbocycles. The molecule has 0 saturated heterocycles. The minimum atomic E-state index is -1.08. The van der Waals surface area contributed by atoms with Crippen LogP contribution in [0.25, 0.3) is 0 Å². The van der Waals surface area contributed by atoms with Crippen LogP contribution in [0, 0.1) is 0 Å². The molecule has 0 aliphatic carbocycles. The minimum Gasteiger partial charge on any atom is -0.480 e. The van der Waals surface area contributed by atoms with Crippen LogP contribution < -0.4 is 11.1 Å². The summed E-state index contributed by atoms with van der Waals surface area (Å²) in [6.45, 7) is 5.00. The maximum absolute atomic E-state index is 11.0. The van der Waals surface area contributed by atoms with Crippen LogP contribution in [0.5, 0.6) is 0 Å². The molecular formula is C9H18N2O3. The van der Waals surface area contributed by atoms with Crippen LogP contribution in [0.3, 0.4) is 0 Å². The van der Waals surface area contributed by atoms with Crippen molar-refractivity contribution >= 4 is 11.9 Å². The van der Waals surface area contributed by atoms with Crippen LogP contribution >= 0.6 is 0 Å². The highest BCUT2D eigenvalue weighted by Gasteiger charge is 2.34. The molecule has 2 unspecified atom stereocenters. The molecule has 0 aromatic heterocycles. The summed E-state index contributed by atoms with van der Waals surface area (Å²) in [5.41, 5.74) is 3.96. The Labute approximate surface area is 83.7 Å².